The largest absolute Gasteiger partial charge is 0.433 e. The number of ketones is 1. The number of carbonyl (C=O) groups excluding carboxylic acids is 1. The molecule has 0 fully saturated rings. The van der Waals surface area contributed by atoms with E-state index < -0.39 is 60.0 Å². The van der Waals surface area contributed by atoms with Gasteiger partial charge in [-0.3, -0.25) is 4.79 Å². The first-order valence-corrected chi connectivity index (χ1v) is 12.5. The van der Waals surface area contributed by atoms with Crippen molar-refractivity contribution in [3.8, 4) is 11.5 Å². The Labute approximate surface area is 181 Å². The summed E-state index contributed by atoms with van der Waals surface area (Å²) in [5.41, 5.74) is -0.986. The molecule has 0 atom stereocenters. The monoisotopic (exact) mass is 498 g/mol. The molecule has 13 heteroatoms. The second-order valence-corrected chi connectivity index (χ2v) is 10.7. The minimum Gasteiger partial charge on any atom is -0.433 e. The molecular formula is C19H18F4O7S2. The third kappa shape index (κ3) is 5.38. The highest BCUT2D eigenvalue weighted by Gasteiger charge is 2.28. The molecule has 7 nitrogen and oxygen atoms in total. The zero-order chi connectivity index (χ0) is 24.6. The first kappa shape index (κ1) is 25.6. The fourth-order valence-electron chi connectivity index (χ4n) is 3.03. The average molecular weight is 498 g/mol. The summed E-state index contributed by atoms with van der Waals surface area (Å²) in [6.07, 6.45) is 1.53. The Kier molecular flexibility index (Phi) is 7.24. The van der Waals surface area contributed by atoms with Gasteiger partial charge in [0.1, 0.15) is 21.3 Å². The van der Waals surface area contributed by atoms with Crippen LogP contribution in [0, 0.1) is 13.8 Å². The zero-order valence-electron chi connectivity index (χ0n) is 17.2. The van der Waals surface area contributed by atoms with Gasteiger partial charge in [-0.15, -0.1) is 0 Å². The number of rotatable bonds is 8. The molecule has 0 bridgehead atoms. The van der Waals surface area contributed by atoms with E-state index in [1.165, 1.54) is 13.8 Å². The number of hydrogen-bond acceptors (Lipinski definition) is 7. The SMILES string of the molecule is Cc1c(C(=O)c2ccc(S(C)(=O)=O)c(OC(F)F)c2C)ccc(S(C)(=O)=O)c1OC(F)F. The van der Waals surface area contributed by atoms with E-state index in [-0.39, 0.29) is 22.3 Å². The molecule has 0 saturated heterocycles. The van der Waals surface area contributed by atoms with E-state index in [4.69, 9.17) is 0 Å². The first-order valence-electron chi connectivity index (χ1n) is 8.67. The number of benzene rings is 2. The lowest BCUT2D eigenvalue weighted by Gasteiger charge is -2.18. The van der Waals surface area contributed by atoms with Crippen molar-refractivity contribution in [2.45, 2.75) is 36.9 Å². The number of halogens is 4. The lowest BCUT2D eigenvalue weighted by molar-refractivity contribution is -0.0528. The average Bonchev–Trinajstić information content (AvgIpc) is 2.61. The molecule has 0 radical (unpaired) electrons. The zero-order valence-corrected chi connectivity index (χ0v) is 18.8. The summed E-state index contributed by atoms with van der Waals surface area (Å²) in [6, 6.07) is 3.93. The summed E-state index contributed by atoms with van der Waals surface area (Å²) in [4.78, 5) is 12.0. The van der Waals surface area contributed by atoms with Gasteiger partial charge in [-0.2, -0.15) is 17.6 Å². The minimum absolute atomic E-state index is 0.235. The molecule has 0 spiro atoms. The van der Waals surface area contributed by atoms with Gasteiger partial charge in [-0.1, -0.05) is 0 Å². The van der Waals surface area contributed by atoms with Crippen LogP contribution in [0.25, 0.3) is 0 Å². The molecule has 0 saturated carbocycles. The van der Waals surface area contributed by atoms with Crippen LogP contribution in [0.2, 0.25) is 0 Å². The van der Waals surface area contributed by atoms with Crippen molar-refractivity contribution in [2.75, 3.05) is 12.5 Å². The van der Waals surface area contributed by atoms with E-state index in [2.05, 4.69) is 9.47 Å². The topological polar surface area (TPSA) is 104 Å². The van der Waals surface area contributed by atoms with Gasteiger partial charge < -0.3 is 9.47 Å². The van der Waals surface area contributed by atoms with Gasteiger partial charge in [-0.25, -0.2) is 16.8 Å². The highest BCUT2D eigenvalue weighted by atomic mass is 32.2. The van der Waals surface area contributed by atoms with Gasteiger partial charge in [0.25, 0.3) is 0 Å². The standard InChI is InChI=1S/C19H18F4O7S2/c1-9-11(5-7-13(31(3,25)26)16(9)29-18(20)21)15(24)12-6-8-14(32(4,27)28)17(10(12)2)30-19(22)23/h5-8,18-19H,1-4H3. The highest BCUT2D eigenvalue weighted by molar-refractivity contribution is 7.91. The van der Waals surface area contributed by atoms with E-state index in [0.29, 0.717) is 0 Å². The molecule has 176 valence electrons. The van der Waals surface area contributed by atoms with E-state index in [0.717, 1.165) is 36.8 Å². The molecule has 32 heavy (non-hydrogen) atoms. The minimum atomic E-state index is -4.00. The van der Waals surface area contributed by atoms with Crippen molar-refractivity contribution in [1.29, 1.82) is 0 Å². The first-order chi connectivity index (χ1) is 14.6. The van der Waals surface area contributed by atoms with Crippen LogP contribution in [0.5, 0.6) is 11.5 Å². The summed E-state index contributed by atoms with van der Waals surface area (Å²) < 4.78 is 108. The second-order valence-electron chi connectivity index (χ2n) is 6.76. The lowest BCUT2D eigenvalue weighted by atomic mass is 9.95. The Bertz CT molecular complexity index is 1170. The summed E-state index contributed by atoms with van der Waals surface area (Å²) in [5.74, 6) is -2.34. The van der Waals surface area contributed by atoms with Crippen molar-refractivity contribution in [2.24, 2.45) is 0 Å². The Morgan fingerprint density at radius 1 is 0.719 bits per heavy atom. The van der Waals surface area contributed by atoms with Gasteiger partial charge >= 0.3 is 13.2 Å². The van der Waals surface area contributed by atoms with Crippen molar-refractivity contribution in [1.82, 2.24) is 0 Å². The van der Waals surface area contributed by atoms with Gasteiger partial charge in [0.15, 0.2) is 25.5 Å². The predicted molar refractivity (Wildman–Crippen MR) is 105 cm³/mol. The van der Waals surface area contributed by atoms with Crippen molar-refractivity contribution in [3.05, 3.63) is 46.5 Å². The van der Waals surface area contributed by atoms with Crippen LogP contribution >= 0.6 is 0 Å². The van der Waals surface area contributed by atoms with Crippen molar-refractivity contribution < 1.29 is 48.7 Å². The maximum Gasteiger partial charge on any atom is 0.387 e. The van der Waals surface area contributed by atoms with Gasteiger partial charge in [0, 0.05) is 34.8 Å². The van der Waals surface area contributed by atoms with Crippen LogP contribution in [-0.2, 0) is 19.7 Å². The molecule has 2 aromatic carbocycles. The van der Waals surface area contributed by atoms with Crippen LogP contribution in [0.4, 0.5) is 17.6 Å². The number of carbonyl (C=O) groups is 1. The number of sulfone groups is 2. The molecule has 0 heterocycles. The van der Waals surface area contributed by atoms with Gasteiger partial charge in [-0.05, 0) is 38.1 Å². The van der Waals surface area contributed by atoms with Crippen molar-refractivity contribution in [3.63, 3.8) is 0 Å². The molecule has 0 N–H and O–H groups in total. The Balaban J connectivity index is 2.75. The fraction of sp³-hybridized carbons (Fsp3) is 0.316. The maximum atomic E-state index is 13.1. The van der Waals surface area contributed by atoms with Crippen LogP contribution in [0.15, 0.2) is 34.1 Å². The molecule has 0 amide bonds. The molecule has 0 unspecified atom stereocenters. The highest BCUT2D eigenvalue weighted by Crippen LogP contribution is 2.36. The third-order valence-corrected chi connectivity index (χ3v) is 6.68. The van der Waals surface area contributed by atoms with E-state index in [1.807, 2.05) is 0 Å². The number of hydrogen-bond donors (Lipinski definition) is 0. The second kappa shape index (κ2) is 9.06. The molecule has 0 aromatic heterocycles. The molecule has 0 aliphatic carbocycles. The summed E-state index contributed by atoms with van der Waals surface area (Å²) in [7, 11) is -8.00. The Morgan fingerprint density at radius 3 is 1.28 bits per heavy atom. The van der Waals surface area contributed by atoms with E-state index in [9.17, 15) is 39.2 Å². The van der Waals surface area contributed by atoms with E-state index >= 15 is 0 Å². The third-order valence-electron chi connectivity index (χ3n) is 4.44. The molecule has 2 rings (SSSR count). The van der Waals surface area contributed by atoms with Crippen LogP contribution in [-0.4, -0.2) is 48.4 Å². The smallest absolute Gasteiger partial charge is 0.387 e. The van der Waals surface area contributed by atoms with Crippen LogP contribution < -0.4 is 9.47 Å². The Hall–Kier alpha value is -2.67. The molecule has 0 aliphatic heterocycles. The maximum absolute atomic E-state index is 13.1. The van der Waals surface area contributed by atoms with Crippen LogP contribution in [0.3, 0.4) is 0 Å². The lowest BCUT2D eigenvalue weighted by Crippen LogP contribution is -2.15. The summed E-state index contributed by atoms with van der Waals surface area (Å²) >= 11 is 0. The normalized spacial score (nSPS) is 12.3. The summed E-state index contributed by atoms with van der Waals surface area (Å²) in [5, 5.41) is 0. The quantitative estimate of drug-likeness (QED) is 0.405. The van der Waals surface area contributed by atoms with E-state index in [1.54, 1.807) is 0 Å². The fourth-order valence-corrected chi connectivity index (χ4v) is 4.73. The molecule has 0 aliphatic rings. The van der Waals surface area contributed by atoms with Crippen molar-refractivity contribution >= 4 is 25.5 Å². The molecular weight excluding hydrogens is 480 g/mol. The van der Waals surface area contributed by atoms with Gasteiger partial charge in [0.05, 0.1) is 0 Å². The Morgan fingerprint density at radius 2 is 1.03 bits per heavy atom. The molecule has 2 aromatic rings. The summed E-state index contributed by atoms with van der Waals surface area (Å²) in [6.45, 7) is -4.42. The number of alkyl halides is 4. The van der Waals surface area contributed by atoms with Crippen LogP contribution in [0.1, 0.15) is 27.0 Å². The van der Waals surface area contributed by atoms with Gasteiger partial charge in [0.2, 0.25) is 0 Å². The number of ether oxygens (including phenoxy) is 2. The predicted octanol–water partition coefficient (Wildman–Crippen LogP) is 3.54.